The van der Waals surface area contributed by atoms with Gasteiger partial charge in [0, 0.05) is 26.1 Å². The van der Waals surface area contributed by atoms with E-state index in [2.05, 4.69) is 27.1 Å². The summed E-state index contributed by atoms with van der Waals surface area (Å²) in [6, 6.07) is 4.34. The van der Waals surface area contributed by atoms with Crippen molar-refractivity contribution in [1.82, 2.24) is 15.5 Å². The number of aliphatic imine (C=N–C) groups is 1. The van der Waals surface area contributed by atoms with Crippen LogP contribution in [-0.4, -0.2) is 57.2 Å². The highest BCUT2D eigenvalue weighted by Gasteiger charge is 2.31. The van der Waals surface area contributed by atoms with Crippen LogP contribution < -0.4 is 10.6 Å². The Labute approximate surface area is 165 Å². The van der Waals surface area contributed by atoms with E-state index in [9.17, 15) is 4.79 Å². The lowest BCUT2D eigenvalue weighted by Gasteiger charge is -2.21. The third-order valence-corrected chi connectivity index (χ3v) is 4.62. The van der Waals surface area contributed by atoms with Crippen LogP contribution in [0.5, 0.6) is 0 Å². The van der Waals surface area contributed by atoms with Crippen LogP contribution in [0.3, 0.4) is 0 Å². The number of rotatable bonds is 8. The predicted molar refractivity (Wildman–Crippen MR) is 109 cm³/mol. The summed E-state index contributed by atoms with van der Waals surface area (Å²) in [4.78, 5) is 19.0. The molecular weight excluding hydrogens is 439 g/mol. The molecule has 1 aliphatic rings. The topological polar surface area (TPSA) is 66.0 Å². The second kappa shape index (κ2) is 10.9. The molecule has 0 spiro atoms. The zero-order valence-electron chi connectivity index (χ0n) is 14.4. The van der Waals surface area contributed by atoms with Crippen molar-refractivity contribution in [2.75, 3.05) is 34.4 Å². The van der Waals surface area contributed by atoms with Crippen molar-refractivity contribution in [3.05, 3.63) is 22.4 Å². The van der Waals surface area contributed by atoms with E-state index in [0.717, 1.165) is 0 Å². The standard InChI is InChI=1S/C16H26N4O2S.HI/c1-20(2)15(21)10-18-16(17-9-13-5-4-8-23-13)19-14(11-22-3)12-6-7-12;/h4-5,8,12,14H,6-7,9-11H2,1-3H3,(H2,17,18,19);1H. The number of carbonyl (C=O) groups excluding carboxylic acids is 1. The number of halogens is 1. The molecule has 0 aliphatic heterocycles. The molecule has 0 radical (unpaired) electrons. The Kier molecular flexibility index (Phi) is 9.60. The molecule has 1 saturated carbocycles. The molecule has 24 heavy (non-hydrogen) atoms. The highest BCUT2D eigenvalue weighted by molar-refractivity contribution is 14.0. The van der Waals surface area contributed by atoms with E-state index in [-0.39, 0.29) is 42.5 Å². The van der Waals surface area contributed by atoms with Gasteiger partial charge in [-0.05, 0) is 30.2 Å². The summed E-state index contributed by atoms with van der Waals surface area (Å²) in [7, 11) is 5.19. The fourth-order valence-electron chi connectivity index (χ4n) is 2.17. The normalized spacial score (nSPS) is 15.4. The number of methoxy groups -OCH3 is 1. The fraction of sp³-hybridized carbons (Fsp3) is 0.625. The number of hydrogen-bond acceptors (Lipinski definition) is 4. The molecule has 8 heteroatoms. The van der Waals surface area contributed by atoms with Gasteiger partial charge >= 0.3 is 0 Å². The summed E-state index contributed by atoms with van der Waals surface area (Å²) in [5.74, 6) is 1.28. The van der Waals surface area contributed by atoms with Crippen molar-refractivity contribution in [2.24, 2.45) is 10.9 Å². The summed E-state index contributed by atoms with van der Waals surface area (Å²) in [5.41, 5.74) is 0. The van der Waals surface area contributed by atoms with Crippen molar-refractivity contribution in [2.45, 2.75) is 25.4 Å². The highest BCUT2D eigenvalue weighted by atomic mass is 127. The Morgan fingerprint density at radius 3 is 2.79 bits per heavy atom. The molecule has 2 N–H and O–H groups in total. The van der Waals surface area contributed by atoms with Gasteiger partial charge in [-0.2, -0.15) is 0 Å². The lowest BCUT2D eigenvalue weighted by molar-refractivity contribution is -0.127. The minimum absolute atomic E-state index is 0. The Morgan fingerprint density at radius 2 is 2.25 bits per heavy atom. The molecule has 1 atom stereocenters. The van der Waals surface area contributed by atoms with Gasteiger partial charge in [-0.25, -0.2) is 4.99 Å². The summed E-state index contributed by atoms with van der Waals surface area (Å²) in [6.45, 7) is 1.48. The molecule has 1 aliphatic carbocycles. The zero-order chi connectivity index (χ0) is 16.7. The number of guanidine groups is 1. The Bertz CT molecular complexity index is 518. The van der Waals surface area contributed by atoms with Gasteiger partial charge in [-0.3, -0.25) is 4.79 Å². The molecule has 136 valence electrons. The predicted octanol–water partition coefficient (Wildman–Crippen LogP) is 1.91. The van der Waals surface area contributed by atoms with Crippen LogP contribution in [0.1, 0.15) is 17.7 Å². The van der Waals surface area contributed by atoms with Gasteiger partial charge in [0.2, 0.25) is 5.91 Å². The first-order valence-corrected chi connectivity index (χ1v) is 8.74. The average Bonchev–Trinajstić information content (AvgIpc) is 3.24. The van der Waals surface area contributed by atoms with Gasteiger partial charge in [0.15, 0.2) is 5.96 Å². The van der Waals surface area contributed by atoms with Gasteiger partial charge in [-0.1, -0.05) is 6.07 Å². The number of nitrogens with one attached hydrogen (secondary N) is 2. The Balaban J connectivity index is 0.00000288. The number of carbonyl (C=O) groups is 1. The molecule has 1 aromatic heterocycles. The van der Waals surface area contributed by atoms with Crippen LogP contribution in [0.15, 0.2) is 22.5 Å². The van der Waals surface area contributed by atoms with E-state index in [1.165, 1.54) is 17.7 Å². The maximum Gasteiger partial charge on any atom is 0.243 e. The molecule has 1 amide bonds. The van der Waals surface area contributed by atoms with Gasteiger partial charge < -0.3 is 20.3 Å². The molecule has 6 nitrogen and oxygen atoms in total. The number of likely N-dealkylation sites (N-methyl/N-ethyl adjacent to an activating group) is 1. The first kappa shape index (κ1) is 21.2. The minimum Gasteiger partial charge on any atom is -0.383 e. The zero-order valence-corrected chi connectivity index (χ0v) is 17.6. The van der Waals surface area contributed by atoms with Crippen molar-refractivity contribution < 1.29 is 9.53 Å². The first-order valence-electron chi connectivity index (χ1n) is 7.86. The average molecular weight is 466 g/mol. The smallest absolute Gasteiger partial charge is 0.243 e. The molecule has 1 heterocycles. The first-order chi connectivity index (χ1) is 11.1. The molecule has 0 saturated heterocycles. The van der Waals surface area contributed by atoms with Crippen LogP contribution in [0.25, 0.3) is 0 Å². The second-order valence-electron chi connectivity index (χ2n) is 5.93. The number of hydrogen-bond donors (Lipinski definition) is 2. The molecule has 1 aromatic rings. The number of thiophene rings is 1. The molecule has 0 aromatic carbocycles. The van der Waals surface area contributed by atoms with Crippen molar-refractivity contribution >= 4 is 47.2 Å². The van der Waals surface area contributed by atoms with Crippen molar-refractivity contribution in [3.8, 4) is 0 Å². The van der Waals surface area contributed by atoms with E-state index >= 15 is 0 Å². The molecular formula is C16H27IN4O2S. The van der Waals surface area contributed by atoms with E-state index in [1.54, 1.807) is 37.4 Å². The van der Waals surface area contributed by atoms with E-state index < -0.39 is 0 Å². The Hall–Kier alpha value is -0.870. The highest BCUT2D eigenvalue weighted by Crippen LogP contribution is 2.32. The number of nitrogens with zero attached hydrogens (tertiary/aromatic N) is 2. The van der Waals surface area contributed by atoms with E-state index in [0.29, 0.717) is 25.0 Å². The minimum atomic E-state index is -0.0167. The van der Waals surface area contributed by atoms with E-state index in [4.69, 9.17) is 4.74 Å². The summed E-state index contributed by atoms with van der Waals surface area (Å²) >= 11 is 1.70. The van der Waals surface area contributed by atoms with Gasteiger partial charge in [0.1, 0.15) is 6.54 Å². The lowest BCUT2D eigenvalue weighted by Crippen LogP contribution is -2.46. The molecule has 0 bridgehead atoms. The fourth-order valence-corrected chi connectivity index (χ4v) is 2.82. The maximum absolute atomic E-state index is 11.8. The lowest BCUT2D eigenvalue weighted by atomic mass is 10.2. The third kappa shape index (κ3) is 7.35. The van der Waals surface area contributed by atoms with Gasteiger partial charge in [0.25, 0.3) is 0 Å². The van der Waals surface area contributed by atoms with Crippen LogP contribution >= 0.6 is 35.3 Å². The quantitative estimate of drug-likeness (QED) is 0.349. The SMILES string of the molecule is COCC(NC(=NCC(=O)N(C)C)NCc1cccs1)C1CC1.I. The largest absolute Gasteiger partial charge is 0.383 e. The summed E-state index contributed by atoms with van der Waals surface area (Å²) in [5, 5.41) is 8.78. The van der Waals surface area contributed by atoms with Crippen LogP contribution in [0.2, 0.25) is 0 Å². The van der Waals surface area contributed by atoms with Gasteiger partial charge in [-0.15, -0.1) is 35.3 Å². The van der Waals surface area contributed by atoms with Crippen LogP contribution in [0, 0.1) is 5.92 Å². The van der Waals surface area contributed by atoms with E-state index in [1.807, 2.05) is 6.07 Å². The van der Waals surface area contributed by atoms with Gasteiger partial charge in [0.05, 0.1) is 19.2 Å². The molecule has 2 rings (SSSR count). The molecule has 1 fully saturated rings. The Morgan fingerprint density at radius 1 is 1.50 bits per heavy atom. The summed E-state index contributed by atoms with van der Waals surface area (Å²) in [6.07, 6.45) is 2.44. The van der Waals surface area contributed by atoms with Crippen molar-refractivity contribution in [1.29, 1.82) is 0 Å². The second-order valence-corrected chi connectivity index (χ2v) is 6.96. The van der Waals surface area contributed by atoms with Crippen molar-refractivity contribution in [3.63, 3.8) is 0 Å². The molecule has 1 unspecified atom stereocenters. The van der Waals surface area contributed by atoms with Crippen LogP contribution in [0.4, 0.5) is 0 Å². The maximum atomic E-state index is 11.8. The summed E-state index contributed by atoms with van der Waals surface area (Å²) < 4.78 is 5.30. The third-order valence-electron chi connectivity index (χ3n) is 3.74. The number of ether oxygens (including phenoxy) is 1. The van der Waals surface area contributed by atoms with Crippen LogP contribution in [-0.2, 0) is 16.1 Å². The monoisotopic (exact) mass is 466 g/mol. The number of amides is 1.